The van der Waals surface area contributed by atoms with Gasteiger partial charge >= 0.3 is 0 Å². The largest absolute Gasteiger partial charge is 0.378 e. The second-order valence-electron chi connectivity index (χ2n) is 5.75. The van der Waals surface area contributed by atoms with Crippen LogP contribution >= 0.6 is 0 Å². The molecule has 0 spiro atoms. The molecule has 2 aliphatic rings. The Bertz CT molecular complexity index is 278. The van der Waals surface area contributed by atoms with Gasteiger partial charge in [-0.1, -0.05) is 13.3 Å². The third-order valence-corrected chi connectivity index (χ3v) is 4.64. The predicted molar refractivity (Wildman–Crippen MR) is 71.4 cm³/mol. The summed E-state index contributed by atoms with van der Waals surface area (Å²) in [5.74, 6) is 0.226. The minimum atomic E-state index is -0.0628. The zero-order valence-corrected chi connectivity index (χ0v) is 11.7. The minimum Gasteiger partial charge on any atom is -0.378 e. The second-order valence-corrected chi connectivity index (χ2v) is 5.75. The lowest BCUT2D eigenvalue weighted by molar-refractivity contribution is -0.137. The van der Waals surface area contributed by atoms with Crippen LogP contribution in [0.2, 0.25) is 0 Å². The van der Waals surface area contributed by atoms with Crippen molar-refractivity contribution in [3.8, 4) is 0 Å². The smallest absolute Gasteiger partial charge is 0.239 e. The Balaban J connectivity index is 1.76. The van der Waals surface area contributed by atoms with Crippen molar-refractivity contribution >= 4 is 5.91 Å². The summed E-state index contributed by atoms with van der Waals surface area (Å²) < 4.78 is 5.27. The SMILES string of the molecule is CCC1(CNC(C)C(=O)N2CCOCC2)CCC1. The molecule has 0 aromatic heterocycles. The van der Waals surface area contributed by atoms with Gasteiger partial charge in [0, 0.05) is 19.6 Å². The van der Waals surface area contributed by atoms with Gasteiger partial charge in [-0.2, -0.15) is 0 Å². The van der Waals surface area contributed by atoms with Crippen molar-refractivity contribution in [3.05, 3.63) is 0 Å². The number of morpholine rings is 1. The van der Waals surface area contributed by atoms with E-state index < -0.39 is 0 Å². The summed E-state index contributed by atoms with van der Waals surface area (Å²) in [5, 5.41) is 3.44. The Labute approximate surface area is 110 Å². The Morgan fingerprint density at radius 1 is 1.39 bits per heavy atom. The topological polar surface area (TPSA) is 41.6 Å². The first-order valence-electron chi connectivity index (χ1n) is 7.27. The van der Waals surface area contributed by atoms with Crippen LogP contribution in [0, 0.1) is 5.41 Å². The molecule has 0 aromatic rings. The number of ether oxygens (including phenoxy) is 1. The summed E-state index contributed by atoms with van der Waals surface area (Å²) in [6, 6.07) is -0.0628. The number of amides is 1. The predicted octanol–water partition coefficient (Wildman–Crippen LogP) is 1.40. The molecule has 2 fully saturated rings. The van der Waals surface area contributed by atoms with Gasteiger partial charge in [-0.15, -0.1) is 0 Å². The highest BCUT2D eigenvalue weighted by Crippen LogP contribution is 2.43. The molecule has 1 aliphatic heterocycles. The molecular weight excluding hydrogens is 228 g/mol. The average molecular weight is 254 g/mol. The fourth-order valence-electron chi connectivity index (χ4n) is 2.85. The van der Waals surface area contributed by atoms with Crippen LogP contribution in [-0.4, -0.2) is 49.7 Å². The van der Waals surface area contributed by atoms with E-state index in [0.29, 0.717) is 18.6 Å². The van der Waals surface area contributed by atoms with E-state index in [0.717, 1.165) is 19.6 Å². The normalized spacial score (nSPS) is 24.4. The molecule has 4 heteroatoms. The average Bonchev–Trinajstić information content (AvgIpc) is 2.38. The van der Waals surface area contributed by atoms with Crippen molar-refractivity contribution < 1.29 is 9.53 Å². The van der Waals surface area contributed by atoms with Crippen LogP contribution in [-0.2, 0) is 9.53 Å². The number of nitrogens with zero attached hydrogens (tertiary/aromatic N) is 1. The van der Waals surface area contributed by atoms with Crippen LogP contribution in [0.3, 0.4) is 0 Å². The van der Waals surface area contributed by atoms with Crippen LogP contribution in [0.25, 0.3) is 0 Å². The zero-order chi connectivity index (χ0) is 13.0. The fourth-order valence-corrected chi connectivity index (χ4v) is 2.85. The third kappa shape index (κ3) is 3.04. The Kier molecular flexibility index (Phi) is 4.62. The molecule has 0 radical (unpaired) electrons. The Morgan fingerprint density at radius 3 is 2.56 bits per heavy atom. The summed E-state index contributed by atoms with van der Waals surface area (Å²) in [7, 11) is 0. The monoisotopic (exact) mass is 254 g/mol. The molecule has 2 rings (SSSR count). The van der Waals surface area contributed by atoms with Crippen molar-refractivity contribution in [1.82, 2.24) is 10.2 Å². The molecule has 0 bridgehead atoms. The van der Waals surface area contributed by atoms with Crippen LogP contribution in [0.1, 0.15) is 39.5 Å². The van der Waals surface area contributed by atoms with Crippen LogP contribution in [0.4, 0.5) is 0 Å². The molecule has 18 heavy (non-hydrogen) atoms. The lowest BCUT2D eigenvalue weighted by Gasteiger charge is -2.42. The van der Waals surface area contributed by atoms with E-state index in [-0.39, 0.29) is 11.9 Å². The van der Waals surface area contributed by atoms with Gasteiger partial charge in [0.05, 0.1) is 19.3 Å². The van der Waals surface area contributed by atoms with Gasteiger partial charge in [0.1, 0.15) is 0 Å². The van der Waals surface area contributed by atoms with E-state index >= 15 is 0 Å². The molecule has 4 nitrogen and oxygen atoms in total. The fraction of sp³-hybridized carbons (Fsp3) is 0.929. The van der Waals surface area contributed by atoms with Crippen molar-refractivity contribution in [3.63, 3.8) is 0 Å². The van der Waals surface area contributed by atoms with E-state index in [9.17, 15) is 4.79 Å². The summed E-state index contributed by atoms with van der Waals surface area (Å²) in [5.41, 5.74) is 0.472. The molecule has 1 amide bonds. The summed E-state index contributed by atoms with van der Waals surface area (Å²) in [6.45, 7) is 8.07. The number of nitrogens with one attached hydrogen (secondary N) is 1. The Hall–Kier alpha value is -0.610. The van der Waals surface area contributed by atoms with Gasteiger partial charge in [0.15, 0.2) is 0 Å². The number of hydrogen-bond acceptors (Lipinski definition) is 3. The molecule has 1 heterocycles. The van der Waals surface area contributed by atoms with Crippen molar-refractivity contribution in [2.75, 3.05) is 32.8 Å². The standard InChI is InChI=1S/C14H26N2O2/c1-3-14(5-4-6-14)11-15-12(2)13(17)16-7-9-18-10-8-16/h12,15H,3-11H2,1-2H3. The van der Waals surface area contributed by atoms with Crippen LogP contribution in [0.15, 0.2) is 0 Å². The molecule has 0 aromatic carbocycles. The summed E-state index contributed by atoms with van der Waals surface area (Å²) in [6.07, 6.45) is 5.20. The highest BCUT2D eigenvalue weighted by Gasteiger charge is 2.35. The first-order valence-corrected chi connectivity index (χ1v) is 7.27. The van der Waals surface area contributed by atoms with Crippen LogP contribution < -0.4 is 5.32 Å². The van der Waals surface area contributed by atoms with Gasteiger partial charge in [-0.05, 0) is 31.6 Å². The number of carbonyl (C=O) groups excluding carboxylic acids is 1. The molecule has 1 atom stereocenters. The number of hydrogen-bond donors (Lipinski definition) is 1. The van der Waals surface area contributed by atoms with E-state index in [2.05, 4.69) is 12.2 Å². The van der Waals surface area contributed by atoms with E-state index in [4.69, 9.17) is 4.74 Å². The van der Waals surface area contributed by atoms with Crippen LogP contribution in [0.5, 0.6) is 0 Å². The van der Waals surface area contributed by atoms with Gasteiger partial charge in [-0.3, -0.25) is 4.79 Å². The molecule has 1 N–H and O–H groups in total. The molecule has 1 saturated heterocycles. The maximum atomic E-state index is 12.2. The van der Waals surface area contributed by atoms with E-state index in [1.807, 2.05) is 11.8 Å². The summed E-state index contributed by atoms with van der Waals surface area (Å²) in [4.78, 5) is 14.1. The van der Waals surface area contributed by atoms with Gasteiger partial charge in [0.25, 0.3) is 0 Å². The molecule has 1 unspecified atom stereocenters. The second kappa shape index (κ2) is 6.02. The maximum absolute atomic E-state index is 12.2. The lowest BCUT2D eigenvalue weighted by atomic mass is 9.67. The van der Waals surface area contributed by atoms with Gasteiger partial charge in [-0.25, -0.2) is 0 Å². The summed E-state index contributed by atoms with van der Waals surface area (Å²) >= 11 is 0. The van der Waals surface area contributed by atoms with E-state index in [1.54, 1.807) is 0 Å². The molecule has 1 saturated carbocycles. The molecule has 1 aliphatic carbocycles. The maximum Gasteiger partial charge on any atom is 0.239 e. The zero-order valence-electron chi connectivity index (χ0n) is 11.7. The minimum absolute atomic E-state index is 0.0628. The molecular formula is C14H26N2O2. The van der Waals surface area contributed by atoms with Crippen molar-refractivity contribution in [2.45, 2.75) is 45.6 Å². The highest BCUT2D eigenvalue weighted by atomic mass is 16.5. The lowest BCUT2D eigenvalue weighted by Crippen LogP contribution is -2.51. The third-order valence-electron chi connectivity index (χ3n) is 4.64. The molecule has 104 valence electrons. The van der Waals surface area contributed by atoms with Gasteiger partial charge in [0.2, 0.25) is 5.91 Å². The quantitative estimate of drug-likeness (QED) is 0.806. The van der Waals surface area contributed by atoms with Gasteiger partial charge < -0.3 is 15.0 Å². The Morgan fingerprint density at radius 2 is 2.06 bits per heavy atom. The number of carbonyl (C=O) groups is 1. The van der Waals surface area contributed by atoms with E-state index in [1.165, 1.54) is 25.7 Å². The number of rotatable bonds is 5. The highest BCUT2D eigenvalue weighted by molar-refractivity contribution is 5.81. The first-order chi connectivity index (χ1) is 8.67. The first kappa shape index (κ1) is 13.8. The van der Waals surface area contributed by atoms with Crippen molar-refractivity contribution in [1.29, 1.82) is 0 Å². The van der Waals surface area contributed by atoms with Crippen molar-refractivity contribution in [2.24, 2.45) is 5.41 Å².